The number of amides is 5. The molecule has 160 valence electrons. The predicted octanol–water partition coefficient (Wildman–Crippen LogP) is 0.351. The molecule has 0 bridgehead atoms. The Bertz CT molecular complexity index is 690. The van der Waals surface area contributed by atoms with E-state index in [2.05, 4.69) is 16.0 Å². The third kappa shape index (κ3) is 8.58. The number of rotatable bonds is 9. The second-order valence-corrected chi connectivity index (χ2v) is 7.20. The van der Waals surface area contributed by atoms with Gasteiger partial charge in [0.05, 0.1) is 6.54 Å². The third-order valence-electron chi connectivity index (χ3n) is 3.55. The number of nitrogens with one attached hydrogen (secondary N) is 3. The maximum Gasteiger partial charge on any atom is 0.407 e. The molecule has 0 aliphatic carbocycles. The first-order valence-electron chi connectivity index (χ1n) is 9.29. The maximum atomic E-state index is 12.5. The van der Waals surface area contributed by atoms with Crippen LogP contribution in [0, 0.1) is 0 Å². The minimum atomic E-state index is -1.28. The topological polar surface area (TPSA) is 134 Å². The van der Waals surface area contributed by atoms with Crippen LogP contribution < -0.4 is 16.0 Å². The van der Waals surface area contributed by atoms with Crippen LogP contribution in [0.4, 0.5) is 4.79 Å². The van der Waals surface area contributed by atoms with Crippen molar-refractivity contribution in [1.82, 2.24) is 20.9 Å². The average molecular weight is 408 g/mol. The van der Waals surface area contributed by atoms with E-state index in [1.807, 2.05) is 6.92 Å². The quantitative estimate of drug-likeness (QED) is 0.472. The molecule has 0 aromatic carbocycles. The van der Waals surface area contributed by atoms with E-state index in [9.17, 15) is 24.0 Å². The Balaban J connectivity index is 2.68. The molecule has 0 saturated heterocycles. The lowest BCUT2D eigenvalue weighted by Crippen LogP contribution is -2.55. The number of ether oxygens (including phenoxy) is 1. The molecule has 1 heterocycles. The Hall–Kier alpha value is -3.17. The Labute approximate surface area is 169 Å². The number of allylic oxidation sites excluding steroid dienone is 1. The van der Waals surface area contributed by atoms with Crippen LogP contribution in [0.15, 0.2) is 24.4 Å². The van der Waals surface area contributed by atoms with Gasteiger partial charge in [0.1, 0.15) is 11.6 Å². The fourth-order valence-corrected chi connectivity index (χ4v) is 2.27. The summed E-state index contributed by atoms with van der Waals surface area (Å²) in [4.78, 5) is 60.7. The lowest BCUT2D eigenvalue weighted by molar-refractivity contribution is -0.145. The van der Waals surface area contributed by atoms with E-state index in [1.54, 1.807) is 26.8 Å². The molecule has 10 heteroatoms. The van der Waals surface area contributed by atoms with Crippen molar-refractivity contribution in [2.75, 3.05) is 13.1 Å². The van der Waals surface area contributed by atoms with Gasteiger partial charge in [0.2, 0.25) is 11.8 Å². The van der Waals surface area contributed by atoms with Crippen LogP contribution in [0.2, 0.25) is 0 Å². The van der Waals surface area contributed by atoms with Gasteiger partial charge in [-0.25, -0.2) is 4.79 Å². The van der Waals surface area contributed by atoms with Crippen LogP contribution in [0.25, 0.3) is 0 Å². The number of alkyl carbamates (subject to hydrolysis) is 1. The second kappa shape index (κ2) is 11.0. The number of imide groups is 1. The Morgan fingerprint density at radius 2 is 1.76 bits per heavy atom. The molecule has 5 amide bonds. The lowest BCUT2D eigenvalue weighted by Gasteiger charge is -2.26. The summed E-state index contributed by atoms with van der Waals surface area (Å²) in [5.74, 6) is -2.30. The molecular formula is C19H28N4O6. The van der Waals surface area contributed by atoms with Crippen molar-refractivity contribution in [2.24, 2.45) is 0 Å². The Morgan fingerprint density at radius 3 is 2.31 bits per heavy atom. The van der Waals surface area contributed by atoms with Crippen molar-refractivity contribution in [3.05, 3.63) is 24.4 Å². The lowest BCUT2D eigenvalue weighted by atomic mass is 10.2. The number of hydrogen-bond acceptors (Lipinski definition) is 6. The number of carbonyl (C=O) groups is 5. The van der Waals surface area contributed by atoms with E-state index in [1.165, 1.54) is 6.20 Å². The molecular weight excluding hydrogens is 380 g/mol. The first-order chi connectivity index (χ1) is 13.5. The zero-order valence-electron chi connectivity index (χ0n) is 17.1. The van der Waals surface area contributed by atoms with E-state index in [0.717, 1.165) is 23.5 Å². The predicted molar refractivity (Wildman–Crippen MR) is 104 cm³/mol. The molecule has 0 radical (unpaired) electrons. The van der Waals surface area contributed by atoms with Crippen LogP contribution >= 0.6 is 0 Å². The maximum absolute atomic E-state index is 12.5. The van der Waals surface area contributed by atoms with Crippen LogP contribution in [-0.2, 0) is 23.9 Å². The zero-order valence-corrected chi connectivity index (χ0v) is 17.1. The first-order valence-corrected chi connectivity index (χ1v) is 9.29. The van der Waals surface area contributed by atoms with Crippen molar-refractivity contribution in [1.29, 1.82) is 0 Å². The van der Waals surface area contributed by atoms with Crippen molar-refractivity contribution >= 4 is 29.7 Å². The van der Waals surface area contributed by atoms with Crippen LogP contribution in [0.3, 0.4) is 0 Å². The van der Waals surface area contributed by atoms with E-state index in [-0.39, 0.29) is 25.4 Å². The molecule has 10 nitrogen and oxygen atoms in total. The van der Waals surface area contributed by atoms with Crippen LogP contribution in [0.5, 0.6) is 0 Å². The molecule has 0 unspecified atom stereocenters. The normalized spacial score (nSPS) is 14.8. The van der Waals surface area contributed by atoms with Crippen molar-refractivity contribution in [3.63, 3.8) is 0 Å². The summed E-state index contributed by atoms with van der Waals surface area (Å²) in [6.45, 7) is 6.62. The molecule has 0 fully saturated rings. The summed E-state index contributed by atoms with van der Waals surface area (Å²) >= 11 is 0. The molecule has 29 heavy (non-hydrogen) atoms. The molecule has 0 aromatic heterocycles. The van der Waals surface area contributed by atoms with E-state index in [4.69, 9.17) is 4.74 Å². The Morgan fingerprint density at radius 1 is 1.14 bits per heavy atom. The van der Waals surface area contributed by atoms with Crippen molar-refractivity contribution in [3.8, 4) is 0 Å². The van der Waals surface area contributed by atoms with Gasteiger partial charge in [-0.3, -0.25) is 24.1 Å². The molecule has 3 N–H and O–H groups in total. The van der Waals surface area contributed by atoms with Gasteiger partial charge in [-0.15, -0.1) is 0 Å². The second-order valence-electron chi connectivity index (χ2n) is 7.20. The zero-order chi connectivity index (χ0) is 22.0. The van der Waals surface area contributed by atoms with Gasteiger partial charge in [-0.05, 0) is 33.4 Å². The molecule has 1 rings (SSSR count). The summed E-state index contributed by atoms with van der Waals surface area (Å²) in [5, 5.41) is 7.44. The van der Waals surface area contributed by atoms with Gasteiger partial charge >= 0.3 is 6.09 Å². The molecule has 1 aliphatic rings. The van der Waals surface area contributed by atoms with Gasteiger partial charge in [0.25, 0.3) is 11.8 Å². The molecule has 0 aromatic rings. The minimum absolute atomic E-state index is 0.00276. The number of hydrogen-bond donors (Lipinski definition) is 3. The van der Waals surface area contributed by atoms with Crippen molar-refractivity contribution in [2.45, 2.75) is 52.2 Å². The van der Waals surface area contributed by atoms with Crippen molar-refractivity contribution < 1.29 is 28.7 Å². The highest BCUT2D eigenvalue weighted by Crippen LogP contribution is 2.10. The highest BCUT2D eigenvalue weighted by molar-refractivity contribution is 6.15. The number of nitrogens with zero attached hydrogens (tertiary/aromatic N) is 1. The highest BCUT2D eigenvalue weighted by Gasteiger charge is 2.36. The molecule has 0 saturated carbocycles. The van der Waals surface area contributed by atoms with Gasteiger partial charge in [0.15, 0.2) is 0 Å². The third-order valence-corrected chi connectivity index (χ3v) is 3.55. The summed E-state index contributed by atoms with van der Waals surface area (Å²) in [6, 6.07) is -1.28. The fraction of sp³-hybridized carbons (Fsp3) is 0.526. The van der Waals surface area contributed by atoms with Gasteiger partial charge in [-0.2, -0.15) is 0 Å². The van der Waals surface area contributed by atoms with Crippen LogP contribution in [-0.4, -0.2) is 59.4 Å². The monoisotopic (exact) mass is 408 g/mol. The largest absolute Gasteiger partial charge is 0.444 e. The van der Waals surface area contributed by atoms with E-state index in [0.29, 0.717) is 0 Å². The van der Waals surface area contributed by atoms with Gasteiger partial charge in [0, 0.05) is 25.1 Å². The van der Waals surface area contributed by atoms with Crippen LogP contribution in [0.1, 0.15) is 40.5 Å². The standard InChI is InChI=1S/C19H28N4O6/c1-5-6-10-20-14(24)9-11-21-17(27)13(23-15(25)7-8-16(23)26)12-22-18(28)29-19(2,3)4/h6-8,10,13H,5,9,11-12H2,1-4H3,(H,20,24)(H,21,27)(H,22,28)/b10-6+/t13-/m0/s1. The first kappa shape index (κ1) is 23.9. The molecule has 1 aliphatic heterocycles. The molecule has 1 atom stereocenters. The van der Waals surface area contributed by atoms with Gasteiger partial charge in [-0.1, -0.05) is 13.0 Å². The van der Waals surface area contributed by atoms with E-state index < -0.39 is 35.5 Å². The minimum Gasteiger partial charge on any atom is -0.444 e. The van der Waals surface area contributed by atoms with E-state index >= 15 is 0 Å². The SMILES string of the molecule is CC/C=C/NC(=O)CCNC(=O)[C@H](CNC(=O)OC(C)(C)C)N1C(=O)C=CC1=O. The Kier molecular flexibility index (Phi) is 9.04. The average Bonchev–Trinajstić information content (AvgIpc) is 2.93. The summed E-state index contributed by atoms with van der Waals surface area (Å²) < 4.78 is 5.10. The number of carbonyl (C=O) groups excluding carboxylic acids is 5. The van der Waals surface area contributed by atoms with Gasteiger partial charge < -0.3 is 20.7 Å². The smallest absolute Gasteiger partial charge is 0.407 e. The summed E-state index contributed by atoms with van der Waals surface area (Å²) in [5.41, 5.74) is -0.748. The molecule has 0 spiro atoms. The summed E-state index contributed by atoms with van der Waals surface area (Å²) in [7, 11) is 0. The summed E-state index contributed by atoms with van der Waals surface area (Å²) in [6.07, 6.45) is 5.37. The fourth-order valence-electron chi connectivity index (χ4n) is 2.27. The highest BCUT2D eigenvalue weighted by atomic mass is 16.6.